The van der Waals surface area contributed by atoms with Gasteiger partial charge in [-0.05, 0) is 50.4 Å². The molecule has 0 bridgehead atoms. The van der Waals surface area contributed by atoms with Crippen LogP contribution in [0.5, 0.6) is 5.75 Å². The van der Waals surface area contributed by atoms with Crippen LogP contribution in [-0.2, 0) is 0 Å². The Labute approximate surface area is 107 Å². The van der Waals surface area contributed by atoms with Gasteiger partial charge in [0.15, 0.2) is 0 Å². The van der Waals surface area contributed by atoms with Gasteiger partial charge in [0.25, 0.3) is 5.91 Å². The lowest BCUT2D eigenvalue weighted by Crippen LogP contribution is -2.34. The van der Waals surface area contributed by atoms with Gasteiger partial charge in [-0.2, -0.15) is 0 Å². The fourth-order valence-corrected chi connectivity index (χ4v) is 2.57. The van der Waals surface area contributed by atoms with Crippen LogP contribution in [0, 0.1) is 12.8 Å². The molecule has 98 valence electrons. The second-order valence-corrected chi connectivity index (χ2v) is 5.16. The van der Waals surface area contributed by atoms with E-state index in [0.29, 0.717) is 24.6 Å². The number of rotatable bonds is 2. The van der Waals surface area contributed by atoms with Crippen LogP contribution in [0.25, 0.3) is 0 Å². The molecule has 1 aromatic rings. The minimum Gasteiger partial charge on any atom is -0.507 e. The maximum atomic E-state index is 12.4. The largest absolute Gasteiger partial charge is 0.507 e. The molecule has 2 rings (SSSR count). The highest BCUT2D eigenvalue weighted by molar-refractivity contribution is 5.97. The lowest BCUT2D eigenvalue weighted by atomic mass is 10.1. The van der Waals surface area contributed by atoms with Crippen molar-refractivity contribution in [3.05, 3.63) is 29.3 Å². The zero-order chi connectivity index (χ0) is 13.3. The molecule has 3 N–H and O–H groups in total. The molecule has 1 heterocycles. The molecule has 0 radical (unpaired) electrons. The topological polar surface area (TPSA) is 66.6 Å². The summed E-state index contributed by atoms with van der Waals surface area (Å²) in [5, 5.41) is 9.86. The Morgan fingerprint density at radius 3 is 2.83 bits per heavy atom. The Hall–Kier alpha value is -1.55. The molecule has 1 amide bonds. The molecule has 1 saturated heterocycles. The average molecular weight is 248 g/mol. The van der Waals surface area contributed by atoms with Crippen LogP contribution >= 0.6 is 0 Å². The summed E-state index contributed by atoms with van der Waals surface area (Å²) in [6.45, 7) is 5.20. The molecule has 18 heavy (non-hydrogen) atoms. The lowest BCUT2D eigenvalue weighted by Gasteiger charge is -2.22. The number of hydrogen-bond donors (Lipinski definition) is 2. The van der Waals surface area contributed by atoms with E-state index in [9.17, 15) is 9.90 Å². The number of phenols is 1. The molecule has 4 nitrogen and oxygen atoms in total. The summed E-state index contributed by atoms with van der Waals surface area (Å²) in [5.74, 6) is 0.330. The quantitative estimate of drug-likeness (QED) is 0.833. The van der Waals surface area contributed by atoms with Crippen molar-refractivity contribution in [1.82, 2.24) is 4.90 Å². The van der Waals surface area contributed by atoms with E-state index in [0.717, 1.165) is 12.0 Å². The summed E-state index contributed by atoms with van der Waals surface area (Å²) < 4.78 is 0. The van der Waals surface area contributed by atoms with E-state index in [1.807, 2.05) is 24.8 Å². The number of carbonyl (C=O) groups is 1. The van der Waals surface area contributed by atoms with Gasteiger partial charge in [0.2, 0.25) is 0 Å². The first-order valence-corrected chi connectivity index (χ1v) is 6.33. The standard InChI is InChI=1S/C14H20N2O2/c1-9-3-4-12(13(17)5-9)14(18)16-8-11(7-15)6-10(16)2/h3-5,10-11,17H,6-8,15H2,1-2H3. The highest BCUT2D eigenvalue weighted by Gasteiger charge is 2.32. The predicted octanol–water partition coefficient (Wildman–Crippen LogP) is 1.51. The molecule has 4 heteroatoms. The number of aryl methyl sites for hydroxylation is 1. The van der Waals surface area contributed by atoms with Gasteiger partial charge < -0.3 is 15.7 Å². The Morgan fingerprint density at radius 2 is 2.28 bits per heavy atom. The van der Waals surface area contributed by atoms with Crippen LogP contribution in [-0.4, -0.2) is 35.0 Å². The highest BCUT2D eigenvalue weighted by Crippen LogP contribution is 2.27. The Bertz CT molecular complexity index is 459. The van der Waals surface area contributed by atoms with Crippen molar-refractivity contribution in [3.63, 3.8) is 0 Å². The maximum absolute atomic E-state index is 12.4. The summed E-state index contributed by atoms with van der Waals surface area (Å²) in [5.41, 5.74) is 6.98. The first kappa shape index (κ1) is 12.9. The number of aromatic hydroxyl groups is 1. The first-order valence-electron chi connectivity index (χ1n) is 6.33. The number of hydrogen-bond acceptors (Lipinski definition) is 3. The molecule has 2 unspecified atom stereocenters. The average Bonchev–Trinajstić information content (AvgIpc) is 2.70. The zero-order valence-corrected chi connectivity index (χ0v) is 10.9. The van der Waals surface area contributed by atoms with E-state index in [1.165, 1.54) is 0 Å². The third-order valence-corrected chi connectivity index (χ3v) is 3.64. The van der Waals surface area contributed by atoms with E-state index in [1.54, 1.807) is 12.1 Å². The molecule has 1 fully saturated rings. The summed E-state index contributed by atoms with van der Waals surface area (Å²) in [6.07, 6.45) is 0.939. The second-order valence-electron chi connectivity index (χ2n) is 5.16. The van der Waals surface area contributed by atoms with E-state index < -0.39 is 0 Å². The normalized spacial score (nSPS) is 23.4. The number of amides is 1. The van der Waals surface area contributed by atoms with Gasteiger partial charge in [-0.1, -0.05) is 6.07 Å². The predicted molar refractivity (Wildman–Crippen MR) is 70.5 cm³/mol. The summed E-state index contributed by atoms with van der Waals surface area (Å²) in [7, 11) is 0. The number of carbonyl (C=O) groups excluding carboxylic acids is 1. The fraction of sp³-hybridized carbons (Fsp3) is 0.500. The van der Waals surface area contributed by atoms with Crippen molar-refractivity contribution >= 4 is 5.91 Å². The van der Waals surface area contributed by atoms with Crippen LogP contribution in [0.3, 0.4) is 0 Å². The minimum absolute atomic E-state index is 0.0587. The maximum Gasteiger partial charge on any atom is 0.257 e. The van der Waals surface area contributed by atoms with E-state index in [4.69, 9.17) is 5.73 Å². The number of nitrogens with zero attached hydrogens (tertiary/aromatic N) is 1. The van der Waals surface area contributed by atoms with Crippen molar-refractivity contribution in [2.24, 2.45) is 11.7 Å². The van der Waals surface area contributed by atoms with Gasteiger partial charge >= 0.3 is 0 Å². The zero-order valence-electron chi connectivity index (χ0n) is 10.9. The van der Waals surface area contributed by atoms with Gasteiger partial charge in [-0.3, -0.25) is 4.79 Å². The van der Waals surface area contributed by atoms with Crippen molar-refractivity contribution in [2.45, 2.75) is 26.3 Å². The molecular formula is C14H20N2O2. The van der Waals surface area contributed by atoms with Gasteiger partial charge in [0.1, 0.15) is 5.75 Å². The molecule has 2 atom stereocenters. The van der Waals surface area contributed by atoms with E-state index >= 15 is 0 Å². The summed E-state index contributed by atoms with van der Waals surface area (Å²) in [4.78, 5) is 14.2. The lowest BCUT2D eigenvalue weighted by molar-refractivity contribution is 0.0740. The van der Waals surface area contributed by atoms with Gasteiger partial charge in [0.05, 0.1) is 5.56 Å². The van der Waals surface area contributed by atoms with Crippen LogP contribution in [0.1, 0.15) is 29.3 Å². The van der Waals surface area contributed by atoms with Crippen LogP contribution in [0.2, 0.25) is 0 Å². The third kappa shape index (κ3) is 2.34. The Kier molecular flexibility index (Phi) is 3.57. The highest BCUT2D eigenvalue weighted by atomic mass is 16.3. The third-order valence-electron chi connectivity index (χ3n) is 3.64. The van der Waals surface area contributed by atoms with Gasteiger partial charge in [-0.15, -0.1) is 0 Å². The van der Waals surface area contributed by atoms with Gasteiger partial charge in [-0.25, -0.2) is 0 Å². The molecule has 0 aromatic heterocycles. The van der Waals surface area contributed by atoms with E-state index in [-0.39, 0.29) is 17.7 Å². The Morgan fingerprint density at radius 1 is 1.56 bits per heavy atom. The first-order chi connectivity index (χ1) is 8.52. The number of nitrogens with two attached hydrogens (primary N) is 1. The second kappa shape index (κ2) is 4.98. The van der Waals surface area contributed by atoms with Crippen LogP contribution < -0.4 is 5.73 Å². The summed E-state index contributed by atoms with van der Waals surface area (Å²) >= 11 is 0. The van der Waals surface area contributed by atoms with Crippen molar-refractivity contribution in [2.75, 3.05) is 13.1 Å². The monoisotopic (exact) mass is 248 g/mol. The molecule has 1 aliphatic heterocycles. The molecule has 1 aliphatic rings. The fourth-order valence-electron chi connectivity index (χ4n) is 2.57. The molecule has 0 aliphatic carbocycles. The van der Waals surface area contributed by atoms with Crippen LogP contribution in [0.15, 0.2) is 18.2 Å². The van der Waals surface area contributed by atoms with Crippen LogP contribution in [0.4, 0.5) is 0 Å². The number of benzene rings is 1. The van der Waals surface area contributed by atoms with Gasteiger partial charge in [0, 0.05) is 12.6 Å². The molecule has 0 spiro atoms. The van der Waals surface area contributed by atoms with Crippen molar-refractivity contribution in [1.29, 1.82) is 0 Å². The van der Waals surface area contributed by atoms with Crippen molar-refractivity contribution in [3.8, 4) is 5.75 Å². The molecular weight excluding hydrogens is 228 g/mol. The number of phenolic OH excluding ortho intramolecular Hbond substituents is 1. The Balaban J connectivity index is 2.21. The molecule has 0 saturated carbocycles. The van der Waals surface area contributed by atoms with Crippen molar-refractivity contribution < 1.29 is 9.90 Å². The van der Waals surface area contributed by atoms with E-state index in [2.05, 4.69) is 0 Å². The molecule has 1 aromatic carbocycles. The minimum atomic E-state index is -0.101. The smallest absolute Gasteiger partial charge is 0.257 e. The SMILES string of the molecule is Cc1ccc(C(=O)N2CC(CN)CC2C)c(O)c1. The summed E-state index contributed by atoms with van der Waals surface area (Å²) in [6, 6.07) is 5.34. The number of likely N-dealkylation sites (tertiary alicyclic amines) is 1.